The molecule has 0 heterocycles. The largest absolute Gasteiger partial charge is 0.491 e. The van der Waals surface area contributed by atoms with Crippen LogP contribution in [0.5, 0.6) is 5.75 Å². The zero-order chi connectivity index (χ0) is 15.8. The summed E-state index contributed by atoms with van der Waals surface area (Å²) in [6.07, 6.45) is 0.805. The first kappa shape index (κ1) is 17.4. The molecule has 0 fully saturated rings. The predicted molar refractivity (Wildman–Crippen MR) is 86.6 cm³/mol. The maximum absolute atomic E-state index is 12.0. The Morgan fingerprint density at radius 3 is 2.43 bits per heavy atom. The highest BCUT2D eigenvalue weighted by Gasteiger charge is 2.11. The number of nitrogens with one attached hydrogen (secondary N) is 2. The Bertz CT molecular complexity index is 470. The average Bonchev–Trinajstić information content (AvgIpc) is 2.44. The van der Waals surface area contributed by atoms with E-state index in [0.29, 0.717) is 17.7 Å². The molecule has 1 aromatic carbocycles. The molecule has 0 saturated heterocycles. The lowest BCUT2D eigenvalue weighted by Gasteiger charge is -2.16. The molecule has 0 aliphatic carbocycles. The van der Waals surface area contributed by atoms with Crippen LogP contribution in [0, 0.1) is 0 Å². The number of benzene rings is 1. The topological polar surface area (TPSA) is 70.6 Å². The van der Waals surface area contributed by atoms with Gasteiger partial charge in [-0.1, -0.05) is 6.92 Å². The van der Waals surface area contributed by atoms with Gasteiger partial charge in [-0.05, 0) is 56.8 Å². The predicted octanol–water partition coefficient (Wildman–Crippen LogP) is 1.85. The molecule has 0 aromatic heterocycles. The van der Waals surface area contributed by atoms with Crippen molar-refractivity contribution in [2.75, 3.05) is 6.61 Å². The number of ether oxygens (including phenoxy) is 1. The molecule has 0 spiro atoms. The summed E-state index contributed by atoms with van der Waals surface area (Å²) >= 11 is 5.04. The Kier molecular flexibility index (Phi) is 7.11. The molecular formula is C15H22N2O3S. The lowest BCUT2D eigenvalue weighted by atomic mass is 10.2. The van der Waals surface area contributed by atoms with Crippen LogP contribution >= 0.6 is 12.2 Å². The average molecular weight is 310 g/mol. The first-order chi connectivity index (χ1) is 9.96. The second-order valence-electron chi connectivity index (χ2n) is 4.91. The fourth-order valence-corrected chi connectivity index (χ4v) is 1.89. The van der Waals surface area contributed by atoms with E-state index < -0.39 is 0 Å². The second kappa shape index (κ2) is 8.59. The van der Waals surface area contributed by atoms with Crippen LogP contribution in [0.4, 0.5) is 0 Å². The van der Waals surface area contributed by atoms with Crippen molar-refractivity contribution in [3.63, 3.8) is 0 Å². The zero-order valence-corrected chi connectivity index (χ0v) is 13.4. The van der Waals surface area contributed by atoms with Gasteiger partial charge < -0.3 is 15.2 Å². The summed E-state index contributed by atoms with van der Waals surface area (Å²) in [6.45, 7) is 5.77. The van der Waals surface area contributed by atoms with E-state index in [1.807, 2.05) is 20.8 Å². The quantitative estimate of drug-likeness (QED) is 0.700. The Hall–Kier alpha value is -1.66. The van der Waals surface area contributed by atoms with E-state index in [2.05, 4.69) is 10.6 Å². The molecule has 1 rings (SSSR count). The fourth-order valence-electron chi connectivity index (χ4n) is 1.63. The fraction of sp³-hybridized carbons (Fsp3) is 0.467. The van der Waals surface area contributed by atoms with Crippen molar-refractivity contribution in [3.05, 3.63) is 29.8 Å². The number of hydrogen-bond donors (Lipinski definition) is 3. The summed E-state index contributed by atoms with van der Waals surface area (Å²) in [4.78, 5) is 12.0. The van der Waals surface area contributed by atoms with E-state index in [1.165, 1.54) is 0 Å². The van der Waals surface area contributed by atoms with Gasteiger partial charge in [-0.15, -0.1) is 0 Å². The van der Waals surface area contributed by atoms with Crippen molar-refractivity contribution >= 4 is 23.2 Å². The summed E-state index contributed by atoms with van der Waals surface area (Å²) in [7, 11) is 0. The highest BCUT2D eigenvalue weighted by molar-refractivity contribution is 7.80. The van der Waals surface area contributed by atoms with Crippen molar-refractivity contribution in [1.82, 2.24) is 10.6 Å². The molecular weight excluding hydrogens is 288 g/mol. The molecule has 1 atom stereocenters. The highest BCUT2D eigenvalue weighted by Crippen LogP contribution is 2.13. The van der Waals surface area contributed by atoms with Crippen molar-refractivity contribution in [3.8, 4) is 5.75 Å². The molecule has 5 nitrogen and oxygen atoms in total. The molecule has 116 valence electrons. The minimum Gasteiger partial charge on any atom is -0.491 e. The van der Waals surface area contributed by atoms with E-state index in [4.69, 9.17) is 22.1 Å². The van der Waals surface area contributed by atoms with Gasteiger partial charge in [0, 0.05) is 5.56 Å². The number of thiocarbonyl (C=S) groups is 1. The molecule has 3 N–H and O–H groups in total. The van der Waals surface area contributed by atoms with Crippen molar-refractivity contribution in [2.24, 2.45) is 0 Å². The van der Waals surface area contributed by atoms with Gasteiger partial charge in [-0.3, -0.25) is 10.1 Å². The van der Waals surface area contributed by atoms with Crippen LogP contribution in [-0.2, 0) is 0 Å². The van der Waals surface area contributed by atoms with Crippen LogP contribution < -0.4 is 15.4 Å². The van der Waals surface area contributed by atoms with Crippen LogP contribution in [0.1, 0.15) is 37.6 Å². The summed E-state index contributed by atoms with van der Waals surface area (Å²) < 4.78 is 5.51. The van der Waals surface area contributed by atoms with E-state index in [-0.39, 0.29) is 29.8 Å². The van der Waals surface area contributed by atoms with Gasteiger partial charge in [-0.2, -0.15) is 0 Å². The SMILES string of the molecule is CCC(CO)NC(=S)NC(=O)c1ccc(OC(C)C)cc1. The maximum Gasteiger partial charge on any atom is 0.257 e. The van der Waals surface area contributed by atoms with Gasteiger partial charge in [0.05, 0.1) is 18.8 Å². The Morgan fingerprint density at radius 2 is 1.95 bits per heavy atom. The second-order valence-corrected chi connectivity index (χ2v) is 5.31. The molecule has 1 aromatic rings. The van der Waals surface area contributed by atoms with Gasteiger partial charge in [0.15, 0.2) is 5.11 Å². The normalized spacial score (nSPS) is 11.9. The smallest absolute Gasteiger partial charge is 0.257 e. The molecule has 1 unspecified atom stereocenters. The standard InChI is InChI=1S/C15H22N2O3S/c1-4-12(9-18)16-15(21)17-14(19)11-5-7-13(8-6-11)20-10(2)3/h5-8,10,12,18H,4,9H2,1-3H3,(H2,16,17,19,21). The molecule has 0 aliphatic heterocycles. The van der Waals surface area contributed by atoms with E-state index in [1.54, 1.807) is 24.3 Å². The van der Waals surface area contributed by atoms with E-state index >= 15 is 0 Å². The molecule has 6 heteroatoms. The number of carbonyl (C=O) groups excluding carboxylic acids is 1. The lowest BCUT2D eigenvalue weighted by molar-refractivity contribution is 0.0976. The summed E-state index contributed by atoms with van der Waals surface area (Å²) in [6, 6.07) is 6.69. The van der Waals surface area contributed by atoms with E-state index in [9.17, 15) is 4.79 Å². The minimum absolute atomic E-state index is 0.0340. The first-order valence-corrected chi connectivity index (χ1v) is 7.36. The van der Waals surface area contributed by atoms with Crippen LogP contribution in [-0.4, -0.2) is 34.9 Å². The Balaban J connectivity index is 2.57. The van der Waals surface area contributed by atoms with Gasteiger partial charge in [0.25, 0.3) is 5.91 Å². The van der Waals surface area contributed by atoms with Gasteiger partial charge in [-0.25, -0.2) is 0 Å². The maximum atomic E-state index is 12.0. The van der Waals surface area contributed by atoms with Gasteiger partial charge >= 0.3 is 0 Å². The van der Waals surface area contributed by atoms with Gasteiger partial charge in [0.1, 0.15) is 5.75 Å². The minimum atomic E-state index is -0.295. The van der Waals surface area contributed by atoms with Crippen molar-refractivity contribution in [2.45, 2.75) is 39.3 Å². The summed E-state index contributed by atoms with van der Waals surface area (Å²) in [5.74, 6) is 0.421. The number of carbonyl (C=O) groups is 1. The molecule has 0 aliphatic rings. The lowest BCUT2D eigenvalue weighted by Crippen LogP contribution is -2.45. The van der Waals surface area contributed by atoms with Crippen LogP contribution in [0.15, 0.2) is 24.3 Å². The molecule has 1 amide bonds. The third-order valence-corrected chi connectivity index (χ3v) is 2.98. The van der Waals surface area contributed by atoms with Crippen molar-refractivity contribution in [1.29, 1.82) is 0 Å². The van der Waals surface area contributed by atoms with Crippen molar-refractivity contribution < 1.29 is 14.6 Å². The highest BCUT2D eigenvalue weighted by atomic mass is 32.1. The third-order valence-electron chi connectivity index (χ3n) is 2.76. The third kappa shape index (κ3) is 6.10. The summed E-state index contributed by atoms with van der Waals surface area (Å²) in [5.41, 5.74) is 0.493. The molecule has 0 bridgehead atoms. The molecule has 0 radical (unpaired) electrons. The van der Waals surface area contributed by atoms with Gasteiger partial charge in [0.2, 0.25) is 0 Å². The van der Waals surface area contributed by atoms with Crippen LogP contribution in [0.2, 0.25) is 0 Å². The zero-order valence-electron chi connectivity index (χ0n) is 12.6. The number of aliphatic hydroxyl groups is 1. The molecule has 21 heavy (non-hydrogen) atoms. The number of rotatable bonds is 6. The van der Waals surface area contributed by atoms with Crippen LogP contribution in [0.3, 0.4) is 0 Å². The van der Waals surface area contributed by atoms with Crippen LogP contribution in [0.25, 0.3) is 0 Å². The van der Waals surface area contributed by atoms with E-state index in [0.717, 1.165) is 0 Å². The number of aliphatic hydroxyl groups excluding tert-OH is 1. The molecule has 0 saturated carbocycles. The Labute approximate surface area is 130 Å². The first-order valence-electron chi connectivity index (χ1n) is 6.95. The monoisotopic (exact) mass is 310 g/mol. The Morgan fingerprint density at radius 1 is 1.33 bits per heavy atom. The summed E-state index contributed by atoms with van der Waals surface area (Å²) in [5, 5.41) is 14.8. The number of hydrogen-bond acceptors (Lipinski definition) is 4. The number of amides is 1.